The fraction of sp³-hybridized carbons (Fsp3) is 0.400. The van der Waals surface area contributed by atoms with E-state index in [0.29, 0.717) is 0 Å². The highest BCUT2D eigenvalue weighted by Crippen LogP contribution is 2.39. The summed E-state index contributed by atoms with van der Waals surface area (Å²) in [6.07, 6.45) is -3.79. The van der Waals surface area contributed by atoms with Gasteiger partial charge in [0.1, 0.15) is 0 Å². The molecule has 2 heterocycles. The third kappa shape index (κ3) is 2.93. The van der Waals surface area contributed by atoms with Gasteiger partial charge in [0, 0.05) is 13.5 Å². The minimum atomic E-state index is -2.65. The van der Waals surface area contributed by atoms with Crippen molar-refractivity contribution >= 4 is 5.91 Å². The summed E-state index contributed by atoms with van der Waals surface area (Å²) in [6, 6.07) is 8.86. The second-order valence-electron chi connectivity index (χ2n) is 5.44. The number of aromatic nitrogens is 3. The molecule has 1 aliphatic heterocycles. The summed E-state index contributed by atoms with van der Waals surface area (Å²) >= 11 is 0. The standard InChI is InChI=1S/C15H15F3N4O/c1-21(8-12(17)18)15(23)13-19-14-10(16)7-11(22(14)20-13)9-5-3-2-4-6-9/h2-6,10-12H,7-8H2,1H3/t10-,11-/m0/s1. The van der Waals surface area contributed by atoms with Gasteiger partial charge in [0.15, 0.2) is 12.0 Å². The molecule has 8 heteroatoms. The van der Waals surface area contributed by atoms with Crippen LogP contribution >= 0.6 is 0 Å². The first-order chi connectivity index (χ1) is 11.0. The van der Waals surface area contributed by atoms with Gasteiger partial charge < -0.3 is 4.90 Å². The lowest BCUT2D eigenvalue weighted by Crippen LogP contribution is -2.32. The lowest BCUT2D eigenvalue weighted by molar-refractivity contribution is 0.0609. The minimum absolute atomic E-state index is 0.0626. The molecule has 5 nitrogen and oxygen atoms in total. The molecule has 122 valence electrons. The van der Waals surface area contributed by atoms with Gasteiger partial charge in [0.2, 0.25) is 5.82 Å². The second-order valence-corrected chi connectivity index (χ2v) is 5.44. The minimum Gasteiger partial charge on any atom is -0.333 e. The van der Waals surface area contributed by atoms with Crippen molar-refractivity contribution in [3.05, 3.63) is 47.5 Å². The van der Waals surface area contributed by atoms with E-state index in [1.54, 1.807) is 0 Å². The summed E-state index contributed by atoms with van der Waals surface area (Å²) < 4.78 is 40.3. The van der Waals surface area contributed by atoms with Gasteiger partial charge in [-0.05, 0) is 5.56 Å². The number of carbonyl (C=O) groups is 1. The van der Waals surface area contributed by atoms with E-state index in [0.717, 1.165) is 10.5 Å². The van der Waals surface area contributed by atoms with Crippen LogP contribution in [0.4, 0.5) is 13.2 Å². The van der Waals surface area contributed by atoms with Crippen molar-refractivity contribution in [2.75, 3.05) is 13.6 Å². The third-order valence-electron chi connectivity index (χ3n) is 3.80. The molecule has 1 aromatic heterocycles. The summed E-state index contributed by atoms with van der Waals surface area (Å²) in [7, 11) is 1.24. The highest BCUT2D eigenvalue weighted by atomic mass is 19.3. The molecule has 0 unspecified atom stereocenters. The van der Waals surface area contributed by atoms with Crippen molar-refractivity contribution in [2.45, 2.75) is 25.1 Å². The zero-order chi connectivity index (χ0) is 16.6. The number of rotatable bonds is 4. The van der Waals surface area contributed by atoms with Gasteiger partial charge in [0.05, 0.1) is 12.6 Å². The van der Waals surface area contributed by atoms with E-state index in [1.807, 2.05) is 30.3 Å². The van der Waals surface area contributed by atoms with Crippen LogP contribution in [0.25, 0.3) is 0 Å². The maximum absolute atomic E-state index is 14.2. The Kier molecular flexibility index (Phi) is 4.06. The van der Waals surface area contributed by atoms with Crippen LogP contribution in [0.1, 0.15) is 40.6 Å². The Morgan fingerprint density at radius 2 is 2.09 bits per heavy atom. The highest BCUT2D eigenvalue weighted by Gasteiger charge is 2.36. The highest BCUT2D eigenvalue weighted by molar-refractivity contribution is 5.90. The lowest BCUT2D eigenvalue weighted by atomic mass is 10.0. The number of amides is 1. The second kappa shape index (κ2) is 6.02. The Labute approximate surface area is 130 Å². The van der Waals surface area contributed by atoms with Crippen molar-refractivity contribution in [3.63, 3.8) is 0 Å². The third-order valence-corrected chi connectivity index (χ3v) is 3.80. The van der Waals surface area contributed by atoms with Crippen LogP contribution in [-0.4, -0.2) is 45.6 Å². The first-order valence-electron chi connectivity index (χ1n) is 7.16. The van der Waals surface area contributed by atoms with Gasteiger partial charge in [-0.2, -0.15) is 0 Å². The molecule has 23 heavy (non-hydrogen) atoms. The van der Waals surface area contributed by atoms with Crippen LogP contribution in [0.2, 0.25) is 0 Å². The van der Waals surface area contributed by atoms with Crippen molar-refractivity contribution in [1.82, 2.24) is 19.7 Å². The molecular formula is C15H15F3N4O. The molecule has 3 rings (SSSR count). The molecule has 0 aliphatic carbocycles. The fourth-order valence-corrected chi connectivity index (χ4v) is 2.68. The molecule has 1 amide bonds. The molecule has 0 spiro atoms. The summed E-state index contributed by atoms with van der Waals surface area (Å²) in [5, 5.41) is 4.06. The number of benzene rings is 1. The average Bonchev–Trinajstić information content (AvgIpc) is 3.08. The van der Waals surface area contributed by atoms with Crippen molar-refractivity contribution in [3.8, 4) is 0 Å². The van der Waals surface area contributed by atoms with E-state index < -0.39 is 25.0 Å². The largest absolute Gasteiger partial charge is 0.333 e. The van der Waals surface area contributed by atoms with Crippen molar-refractivity contribution in [2.24, 2.45) is 0 Å². The van der Waals surface area contributed by atoms with Crippen LogP contribution in [0.15, 0.2) is 30.3 Å². The number of hydrogen-bond donors (Lipinski definition) is 0. The topological polar surface area (TPSA) is 51.0 Å². The quantitative estimate of drug-likeness (QED) is 0.869. The molecule has 0 saturated heterocycles. The Morgan fingerprint density at radius 1 is 1.39 bits per heavy atom. The number of fused-ring (bicyclic) bond motifs is 1. The maximum Gasteiger partial charge on any atom is 0.293 e. The SMILES string of the molecule is CN(CC(F)F)C(=O)c1nc2n(n1)[C@H](c1ccccc1)C[C@@H]2F. The first kappa shape index (κ1) is 15.5. The maximum atomic E-state index is 14.2. The predicted molar refractivity (Wildman–Crippen MR) is 76.0 cm³/mol. The van der Waals surface area contributed by atoms with Crippen LogP contribution in [0.3, 0.4) is 0 Å². The van der Waals surface area contributed by atoms with Gasteiger partial charge in [-0.15, -0.1) is 5.10 Å². The van der Waals surface area contributed by atoms with Gasteiger partial charge >= 0.3 is 0 Å². The first-order valence-corrected chi connectivity index (χ1v) is 7.16. The molecule has 0 N–H and O–H groups in total. The number of halogens is 3. The van der Waals surface area contributed by atoms with E-state index in [2.05, 4.69) is 10.1 Å². The molecule has 0 radical (unpaired) electrons. The van der Waals surface area contributed by atoms with E-state index in [4.69, 9.17) is 0 Å². The van der Waals surface area contributed by atoms with Crippen molar-refractivity contribution in [1.29, 1.82) is 0 Å². The Morgan fingerprint density at radius 3 is 2.74 bits per heavy atom. The smallest absolute Gasteiger partial charge is 0.293 e. The molecule has 2 aromatic rings. The summed E-state index contributed by atoms with van der Waals surface area (Å²) in [6.45, 7) is -0.718. The molecule has 0 saturated carbocycles. The Bertz CT molecular complexity index is 704. The van der Waals surface area contributed by atoms with Gasteiger partial charge in [-0.1, -0.05) is 30.3 Å². The summed E-state index contributed by atoms with van der Waals surface area (Å²) in [4.78, 5) is 16.8. The molecule has 0 fully saturated rings. The lowest BCUT2D eigenvalue weighted by Gasteiger charge is -2.15. The Hall–Kier alpha value is -2.38. The number of carbonyl (C=O) groups excluding carboxylic acids is 1. The zero-order valence-electron chi connectivity index (χ0n) is 12.4. The normalized spacial score (nSPS) is 19.9. The monoisotopic (exact) mass is 324 g/mol. The van der Waals surface area contributed by atoms with E-state index in [9.17, 15) is 18.0 Å². The van der Waals surface area contributed by atoms with E-state index in [-0.39, 0.29) is 24.1 Å². The number of alkyl halides is 3. The van der Waals surface area contributed by atoms with Gasteiger partial charge in [-0.25, -0.2) is 22.8 Å². The number of nitrogens with zero attached hydrogens (tertiary/aromatic N) is 4. The van der Waals surface area contributed by atoms with E-state index >= 15 is 0 Å². The molecular weight excluding hydrogens is 309 g/mol. The van der Waals surface area contributed by atoms with Crippen LogP contribution in [0.5, 0.6) is 0 Å². The van der Waals surface area contributed by atoms with Crippen molar-refractivity contribution < 1.29 is 18.0 Å². The van der Waals surface area contributed by atoms with Crippen LogP contribution < -0.4 is 0 Å². The molecule has 1 aliphatic rings. The van der Waals surface area contributed by atoms with Crippen LogP contribution in [-0.2, 0) is 0 Å². The summed E-state index contributed by atoms with van der Waals surface area (Å²) in [5.41, 5.74) is 0.860. The predicted octanol–water partition coefficient (Wildman–Crippen LogP) is 2.62. The number of hydrogen-bond acceptors (Lipinski definition) is 3. The van der Waals surface area contributed by atoms with Crippen LogP contribution in [0, 0.1) is 0 Å². The fourth-order valence-electron chi connectivity index (χ4n) is 2.68. The average molecular weight is 324 g/mol. The van der Waals surface area contributed by atoms with E-state index in [1.165, 1.54) is 11.7 Å². The molecule has 0 bridgehead atoms. The summed E-state index contributed by atoms with van der Waals surface area (Å²) in [5.74, 6) is -0.940. The zero-order valence-corrected chi connectivity index (χ0v) is 12.4. The van der Waals surface area contributed by atoms with Gasteiger partial charge in [-0.3, -0.25) is 4.79 Å². The van der Waals surface area contributed by atoms with Gasteiger partial charge in [0.25, 0.3) is 12.3 Å². The molecule has 1 aromatic carbocycles. The Balaban J connectivity index is 1.88. The molecule has 2 atom stereocenters.